The van der Waals surface area contributed by atoms with Crippen molar-refractivity contribution >= 4 is 0 Å². The summed E-state index contributed by atoms with van der Waals surface area (Å²) in [6.45, 7) is 2.47. The van der Waals surface area contributed by atoms with Gasteiger partial charge in [-0.2, -0.15) is 0 Å². The van der Waals surface area contributed by atoms with Crippen molar-refractivity contribution in [2.75, 3.05) is 0 Å². The molecule has 1 nitrogen and oxygen atoms in total. The summed E-state index contributed by atoms with van der Waals surface area (Å²) in [5, 5.41) is 10.1. The lowest BCUT2D eigenvalue weighted by Gasteiger charge is -2.30. The van der Waals surface area contributed by atoms with Crippen molar-refractivity contribution in [2.24, 2.45) is 35.0 Å². The van der Waals surface area contributed by atoms with Gasteiger partial charge in [0.2, 0.25) is 0 Å². The maximum absolute atomic E-state index is 10.1. The van der Waals surface area contributed by atoms with Crippen LogP contribution >= 0.6 is 0 Å². The zero-order valence-corrected chi connectivity index (χ0v) is 8.24. The number of aliphatic hydroxyl groups excluding tert-OH is 1. The average molecular weight is 178 g/mol. The molecule has 1 heteroatoms. The topological polar surface area (TPSA) is 20.2 Å². The lowest BCUT2D eigenvalue weighted by molar-refractivity contribution is 0.0747. The van der Waals surface area contributed by atoms with Gasteiger partial charge in [-0.25, -0.2) is 0 Å². The summed E-state index contributed by atoms with van der Waals surface area (Å²) in [5.41, 5.74) is 0.565. The van der Waals surface area contributed by atoms with Crippen LogP contribution in [0.2, 0.25) is 0 Å². The molecule has 0 radical (unpaired) electrons. The third kappa shape index (κ3) is 0.562. The van der Waals surface area contributed by atoms with Crippen LogP contribution in [-0.4, -0.2) is 11.2 Å². The summed E-state index contributed by atoms with van der Waals surface area (Å²) in [6.07, 6.45) is 5.78. The molecule has 13 heavy (non-hydrogen) atoms. The smallest absolute Gasteiger partial charge is 0.0610 e. The van der Waals surface area contributed by atoms with Gasteiger partial charge in [0.25, 0.3) is 0 Å². The monoisotopic (exact) mass is 178 g/mol. The first-order chi connectivity index (χ1) is 6.25. The van der Waals surface area contributed by atoms with Crippen molar-refractivity contribution in [1.29, 1.82) is 0 Å². The fourth-order valence-electron chi connectivity index (χ4n) is 5.66. The molecule has 5 rings (SSSR count). The zero-order valence-electron chi connectivity index (χ0n) is 8.24. The summed E-state index contributed by atoms with van der Waals surface area (Å²) in [4.78, 5) is 0. The van der Waals surface area contributed by atoms with Crippen molar-refractivity contribution in [3.05, 3.63) is 0 Å². The van der Waals surface area contributed by atoms with E-state index in [4.69, 9.17) is 0 Å². The fraction of sp³-hybridized carbons (Fsp3) is 1.00. The Morgan fingerprint density at radius 3 is 2.77 bits per heavy atom. The van der Waals surface area contributed by atoms with Crippen molar-refractivity contribution in [2.45, 2.75) is 38.7 Å². The van der Waals surface area contributed by atoms with Crippen molar-refractivity contribution in [1.82, 2.24) is 0 Å². The summed E-state index contributed by atoms with van der Waals surface area (Å²) in [6, 6.07) is 0. The van der Waals surface area contributed by atoms with Crippen LogP contribution in [-0.2, 0) is 0 Å². The number of hydrogen-bond donors (Lipinski definition) is 1. The van der Waals surface area contributed by atoms with E-state index in [-0.39, 0.29) is 6.10 Å². The van der Waals surface area contributed by atoms with Crippen molar-refractivity contribution < 1.29 is 5.11 Å². The highest BCUT2D eigenvalue weighted by Gasteiger charge is 2.81. The van der Waals surface area contributed by atoms with Crippen LogP contribution < -0.4 is 0 Å². The van der Waals surface area contributed by atoms with Crippen LogP contribution in [0, 0.1) is 35.0 Å². The Balaban J connectivity index is 1.86. The molecule has 1 N–H and O–H groups in total. The van der Waals surface area contributed by atoms with E-state index >= 15 is 0 Å². The first-order valence-electron chi connectivity index (χ1n) is 5.93. The molecule has 0 spiro atoms. The molecule has 0 amide bonds. The van der Waals surface area contributed by atoms with Gasteiger partial charge in [0.1, 0.15) is 0 Å². The predicted molar refractivity (Wildman–Crippen MR) is 50.0 cm³/mol. The maximum Gasteiger partial charge on any atom is 0.0610 e. The Kier molecular flexibility index (Phi) is 1.03. The average Bonchev–Trinajstić information content (AvgIpc) is 2.66. The molecule has 0 aromatic heterocycles. The molecule has 0 saturated heterocycles. The number of rotatable bonds is 0. The highest BCUT2D eigenvalue weighted by molar-refractivity contribution is 5.28. The van der Waals surface area contributed by atoms with Crippen LogP contribution in [0.1, 0.15) is 32.6 Å². The molecule has 0 aromatic carbocycles. The molecule has 5 fully saturated rings. The lowest BCUT2D eigenvalue weighted by atomic mass is 9.76. The second-order valence-corrected chi connectivity index (χ2v) is 6.11. The van der Waals surface area contributed by atoms with Gasteiger partial charge < -0.3 is 5.11 Å². The van der Waals surface area contributed by atoms with Gasteiger partial charge in [-0.15, -0.1) is 0 Å². The Labute approximate surface area is 79.5 Å². The SMILES string of the molecule is CC12CCCCC3C4C(C41)[C@@H](O)C32. The first-order valence-corrected chi connectivity index (χ1v) is 5.93. The van der Waals surface area contributed by atoms with E-state index in [0.717, 1.165) is 23.7 Å². The Bertz CT molecular complexity index is 274. The predicted octanol–water partition coefficient (Wildman–Crippen LogP) is 2.05. The van der Waals surface area contributed by atoms with Crippen LogP contribution in [0.3, 0.4) is 0 Å². The molecule has 6 unspecified atom stereocenters. The van der Waals surface area contributed by atoms with E-state index in [9.17, 15) is 5.11 Å². The third-order valence-corrected chi connectivity index (χ3v) is 5.88. The minimum absolute atomic E-state index is 0.100. The normalized spacial score (nSPS) is 72.5. The number of aliphatic hydroxyl groups is 1. The highest BCUT2D eigenvalue weighted by atomic mass is 16.3. The lowest BCUT2D eigenvalue weighted by Crippen LogP contribution is -2.28. The molecule has 5 saturated carbocycles. The molecule has 0 heterocycles. The third-order valence-electron chi connectivity index (χ3n) is 5.88. The molecule has 6 bridgehead atoms. The first kappa shape index (κ1) is 7.28. The molecular weight excluding hydrogens is 160 g/mol. The maximum atomic E-state index is 10.1. The van der Waals surface area contributed by atoms with E-state index in [0.29, 0.717) is 11.3 Å². The standard InChI is InChI=1S/C12H18O/c1-12-5-3-2-4-6-7-8(10(7)12)11(13)9(6)12/h6-11,13H,2-5H2,1H3/t6?,7?,8?,9?,10?,11-,12?/m1/s1. The van der Waals surface area contributed by atoms with Crippen LogP contribution in [0.15, 0.2) is 0 Å². The van der Waals surface area contributed by atoms with E-state index in [1.807, 2.05) is 0 Å². The Morgan fingerprint density at radius 2 is 2.00 bits per heavy atom. The van der Waals surface area contributed by atoms with Gasteiger partial charge in [-0.05, 0) is 47.8 Å². The van der Waals surface area contributed by atoms with E-state index in [2.05, 4.69) is 6.92 Å². The summed E-state index contributed by atoms with van der Waals surface area (Å²) >= 11 is 0. The molecule has 5 aliphatic carbocycles. The molecule has 0 aromatic rings. The van der Waals surface area contributed by atoms with E-state index < -0.39 is 0 Å². The van der Waals surface area contributed by atoms with Gasteiger partial charge in [-0.3, -0.25) is 0 Å². The van der Waals surface area contributed by atoms with Crippen LogP contribution in [0.4, 0.5) is 0 Å². The van der Waals surface area contributed by atoms with Crippen LogP contribution in [0.25, 0.3) is 0 Å². The van der Waals surface area contributed by atoms with Gasteiger partial charge in [0, 0.05) is 0 Å². The summed E-state index contributed by atoms with van der Waals surface area (Å²) in [5.74, 6) is 4.29. The van der Waals surface area contributed by atoms with E-state index in [1.165, 1.54) is 25.7 Å². The fourth-order valence-corrected chi connectivity index (χ4v) is 5.66. The second-order valence-electron chi connectivity index (χ2n) is 6.11. The van der Waals surface area contributed by atoms with Gasteiger partial charge in [0.15, 0.2) is 0 Å². The van der Waals surface area contributed by atoms with Gasteiger partial charge >= 0.3 is 0 Å². The quantitative estimate of drug-likeness (QED) is 0.602. The summed E-state index contributed by atoms with van der Waals surface area (Å²) < 4.78 is 0. The molecule has 0 aliphatic heterocycles. The minimum Gasteiger partial charge on any atom is -0.392 e. The van der Waals surface area contributed by atoms with Gasteiger partial charge in [-0.1, -0.05) is 19.8 Å². The van der Waals surface area contributed by atoms with Crippen LogP contribution in [0.5, 0.6) is 0 Å². The Morgan fingerprint density at radius 1 is 1.15 bits per heavy atom. The largest absolute Gasteiger partial charge is 0.392 e. The molecule has 7 atom stereocenters. The minimum atomic E-state index is 0.100. The molecular formula is C12H18O. The number of hydrogen-bond acceptors (Lipinski definition) is 1. The van der Waals surface area contributed by atoms with Crippen molar-refractivity contribution in [3.8, 4) is 0 Å². The molecule has 72 valence electrons. The second kappa shape index (κ2) is 1.84. The Hall–Kier alpha value is -0.0400. The highest BCUT2D eigenvalue weighted by Crippen LogP contribution is 2.82. The molecule has 5 aliphatic rings. The zero-order chi connectivity index (χ0) is 8.79. The van der Waals surface area contributed by atoms with E-state index in [1.54, 1.807) is 0 Å². The van der Waals surface area contributed by atoms with Crippen molar-refractivity contribution in [3.63, 3.8) is 0 Å². The summed E-state index contributed by atoms with van der Waals surface area (Å²) in [7, 11) is 0. The van der Waals surface area contributed by atoms with Gasteiger partial charge in [0.05, 0.1) is 6.10 Å².